The zero-order valence-corrected chi connectivity index (χ0v) is 6.56. The van der Waals surface area contributed by atoms with E-state index < -0.39 is 0 Å². The van der Waals surface area contributed by atoms with Crippen LogP contribution < -0.4 is 5.32 Å². The molecule has 10 heavy (non-hydrogen) atoms. The standard InChI is InChI=1S/C9H15N/c1-2-10-9-6-4-3-5-7(9)8(6)9/h6-8,10H,2-5H2,1H3. The number of hydrogen-bond acceptors (Lipinski definition) is 1. The Morgan fingerprint density at radius 2 is 2.10 bits per heavy atom. The first-order chi connectivity index (χ1) is 4.91. The molecule has 1 nitrogen and oxygen atoms in total. The lowest BCUT2D eigenvalue weighted by atomic mass is 9.86. The quantitative estimate of drug-likeness (QED) is 0.606. The molecule has 56 valence electrons. The van der Waals surface area contributed by atoms with Crippen LogP contribution >= 0.6 is 0 Å². The predicted molar refractivity (Wildman–Crippen MR) is 40.7 cm³/mol. The molecule has 0 aliphatic heterocycles. The van der Waals surface area contributed by atoms with E-state index in [1.807, 2.05) is 0 Å². The van der Waals surface area contributed by atoms with Gasteiger partial charge in [-0.3, -0.25) is 0 Å². The van der Waals surface area contributed by atoms with E-state index in [1.165, 1.54) is 25.8 Å². The van der Waals surface area contributed by atoms with Gasteiger partial charge in [0.1, 0.15) is 0 Å². The van der Waals surface area contributed by atoms with Crippen LogP contribution in [0.3, 0.4) is 0 Å². The summed E-state index contributed by atoms with van der Waals surface area (Å²) in [5, 5.41) is 3.67. The second-order valence-corrected chi connectivity index (χ2v) is 4.13. The third kappa shape index (κ3) is 0.378. The Hall–Kier alpha value is -0.0400. The summed E-state index contributed by atoms with van der Waals surface area (Å²) in [6.07, 6.45) is 4.56. The van der Waals surface area contributed by atoms with Gasteiger partial charge in [0.15, 0.2) is 0 Å². The predicted octanol–water partition coefficient (Wildman–Crippen LogP) is 1.39. The summed E-state index contributed by atoms with van der Waals surface area (Å²) in [6.45, 7) is 3.42. The maximum Gasteiger partial charge on any atom is 0.0279 e. The highest BCUT2D eigenvalue weighted by molar-refractivity contribution is 5.39. The third-order valence-electron chi connectivity index (χ3n) is 3.94. The van der Waals surface area contributed by atoms with Crippen LogP contribution in [0.25, 0.3) is 0 Å². The normalized spacial score (nSPS) is 61.5. The molecule has 1 heteroatoms. The van der Waals surface area contributed by atoms with Gasteiger partial charge in [-0.15, -0.1) is 0 Å². The molecule has 0 radical (unpaired) electrons. The lowest BCUT2D eigenvalue weighted by molar-refractivity contribution is 0.288. The Kier molecular flexibility index (Phi) is 0.797. The number of rotatable bonds is 2. The molecule has 3 rings (SSSR count). The van der Waals surface area contributed by atoms with Gasteiger partial charge < -0.3 is 5.32 Å². The Labute approximate surface area is 62.2 Å². The minimum absolute atomic E-state index is 0.729. The van der Waals surface area contributed by atoms with Crippen LogP contribution in [0.15, 0.2) is 0 Å². The lowest BCUT2D eigenvalue weighted by Crippen LogP contribution is -2.33. The molecule has 3 saturated carbocycles. The zero-order chi connectivity index (χ0) is 6.77. The van der Waals surface area contributed by atoms with E-state index in [-0.39, 0.29) is 0 Å². The third-order valence-corrected chi connectivity index (χ3v) is 3.94. The summed E-state index contributed by atoms with van der Waals surface area (Å²) in [7, 11) is 0. The number of fused-ring (bicyclic) bond motifs is 2. The van der Waals surface area contributed by atoms with E-state index in [1.54, 1.807) is 0 Å². The fourth-order valence-electron chi connectivity index (χ4n) is 3.54. The second kappa shape index (κ2) is 1.42. The molecule has 0 saturated heterocycles. The molecule has 0 aromatic carbocycles. The van der Waals surface area contributed by atoms with Crippen LogP contribution in [0.4, 0.5) is 0 Å². The molecule has 2 atom stereocenters. The first-order valence-corrected chi connectivity index (χ1v) is 4.66. The fraction of sp³-hybridized carbons (Fsp3) is 1.00. The van der Waals surface area contributed by atoms with E-state index in [9.17, 15) is 0 Å². The van der Waals surface area contributed by atoms with E-state index in [0.717, 1.165) is 23.3 Å². The van der Waals surface area contributed by atoms with Crippen LogP contribution in [0, 0.1) is 17.8 Å². The van der Waals surface area contributed by atoms with Gasteiger partial charge in [-0.2, -0.15) is 0 Å². The Bertz CT molecular complexity index is 154. The maximum atomic E-state index is 3.67. The largest absolute Gasteiger partial charge is 0.311 e. The van der Waals surface area contributed by atoms with Crippen molar-refractivity contribution in [2.75, 3.05) is 6.54 Å². The van der Waals surface area contributed by atoms with Gasteiger partial charge in [0.2, 0.25) is 0 Å². The van der Waals surface area contributed by atoms with Crippen molar-refractivity contribution in [1.29, 1.82) is 0 Å². The molecular weight excluding hydrogens is 122 g/mol. The topological polar surface area (TPSA) is 12.0 Å². The maximum absolute atomic E-state index is 3.67. The highest BCUT2D eigenvalue weighted by atomic mass is 15.2. The lowest BCUT2D eigenvalue weighted by Gasteiger charge is -2.24. The molecule has 0 aromatic heterocycles. The number of nitrogens with one attached hydrogen (secondary N) is 1. The van der Waals surface area contributed by atoms with Crippen molar-refractivity contribution in [2.45, 2.75) is 31.7 Å². The van der Waals surface area contributed by atoms with Crippen molar-refractivity contribution in [2.24, 2.45) is 17.8 Å². The van der Waals surface area contributed by atoms with Gasteiger partial charge in [0.25, 0.3) is 0 Å². The van der Waals surface area contributed by atoms with Gasteiger partial charge >= 0.3 is 0 Å². The molecule has 2 unspecified atom stereocenters. The fourth-order valence-corrected chi connectivity index (χ4v) is 3.54. The summed E-state index contributed by atoms with van der Waals surface area (Å²) >= 11 is 0. The Morgan fingerprint density at radius 1 is 1.40 bits per heavy atom. The zero-order valence-electron chi connectivity index (χ0n) is 6.56. The molecule has 0 amide bonds. The van der Waals surface area contributed by atoms with Crippen molar-refractivity contribution in [1.82, 2.24) is 5.32 Å². The molecule has 0 aromatic rings. The van der Waals surface area contributed by atoms with Crippen molar-refractivity contribution < 1.29 is 0 Å². The van der Waals surface area contributed by atoms with Gasteiger partial charge in [0, 0.05) is 5.54 Å². The van der Waals surface area contributed by atoms with Crippen LogP contribution in [0.1, 0.15) is 26.2 Å². The summed E-state index contributed by atoms with van der Waals surface area (Å²) in [6, 6.07) is 0. The first kappa shape index (κ1) is 5.59. The molecule has 3 aliphatic carbocycles. The van der Waals surface area contributed by atoms with E-state index in [0.29, 0.717) is 0 Å². The van der Waals surface area contributed by atoms with E-state index >= 15 is 0 Å². The molecule has 0 heterocycles. The monoisotopic (exact) mass is 137 g/mol. The first-order valence-electron chi connectivity index (χ1n) is 4.66. The molecule has 1 N–H and O–H groups in total. The van der Waals surface area contributed by atoms with Gasteiger partial charge in [-0.05, 0) is 37.1 Å². The molecule has 3 aliphatic rings. The SMILES string of the molecule is CCNC12C3CCCC1C32. The molecule has 0 spiro atoms. The summed E-state index contributed by atoms with van der Waals surface area (Å²) in [5.41, 5.74) is 0.729. The Balaban J connectivity index is 1.76. The van der Waals surface area contributed by atoms with Crippen LogP contribution in [0.5, 0.6) is 0 Å². The van der Waals surface area contributed by atoms with E-state index in [4.69, 9.17) is 0 Å². The van der Waals surface area contributed by atoms with Crippen LogP contribution in [-0.4, -0.2) is 12.1 Å². The average Bonchev–Trinajstić information content (AvgIpc) is 2.80. The molecule has 0 bridgehead atoms. The molecule has 3 fully saturated rings. The summed E-state index contributed by atoms with van der Waals surface area (Å²) in [5.74, 6) is 3.37. The van der Waals surface area contributed by atoms with Gasteiger partial charge in [-0.1, -0.05) is 13.3 Å². The van der Waals surface area contributed by atoms with Crippen molar-refractivity contribution in [3.8, 4) is 0 Å². The highest BCUT2D eigenvalue weighted by Gasteiger charge is 2.86. The average molecular weight is 137 g/mol. The summed E-state index contributed by atoms with van der Waals surface area (Å²) in [4.78, 5) is 0. The molecular formula is C9H15N. The minimum atomic E-state index is 0.729. The van der Waals surface area contributed by atoms with Crippen molar-refractivity contribution in [3.05, 3.63) is 0 Å². The van der Waals surface area contributed by atoms with Crippen LogP contribution in [-0.2, 0) is 0 Å². The van der Waals surface area contributed by atoms with Gasteiger partial charge in [-0.25, -0.2) is 0 Å². The smallest absolute Gasteiger partial charge is 0.0279 e. The van der Waals surface area contributed by atoms with Gasteiger partial charge in [0.05, 0.1) is 0 Å². The highest BCUT2D eigenvalue weighted by Crippen LogP contribution is 2.81. The Morgan fingerprint density at radius 3 is 2.60 bits per heavy atom. The van der Waals surface area contributed by atoms with Crippen molar-refractivity contribution in [3.63, 3.8) is 0 Å². The summed E-state index contributed by atoms with van der Waals surface area (Å²) < 4.78 is 0. The second-order valence-electron chi connectivity index (χ2n) is 4.13. The number of hydrogen-bond donors (Lipinski definition) is 1. The minimum Gasteiger partial charge on any atom is -0.311 e. The van der Waals surface area contributed by atoms with Crippen molar-refractivity contribution >= 4 is 0 Å². The van der Waals surface area contributed by atoms with E-state index in [2.05, 4.69) is 12.2 Å². The van der Waals surface area contributed by atoms with Crippen LogP contribution in [0.2, 0.25) is 0 Å².